The molecule has 0 aliphatic carbocycles. The van der Waals surface area contributed by atoms with Crippen LogP contribution in [0.5, 0.6) is 0 Å². The Morgan fingerprint density at radius 1 is 1.12 bits per heavy atom. The van der Waals surface area contributed by atoms with Gasteiger partial charge in [0, 0.05) is 11.6 Å². The molecule has 2 aromatic carbocycles. The summed E-state index contributed by atoms with van der Waals surface area (Å²) < 4.78 is 0. The fourth-order valence-corrected chi connectivity index (χ4v) is 2.25. The molecule has 9 nitrogen and oxygen atoms in total. The number of nitrogens with one attached hydrogen (secondary N) is 1. The summed E-state index contributed by atoms with van der Waals surface area (Å²) in [5.41, 5.74) is 4.02. The highest BCUT2D eigenvalue weighted by Crippen LogP contribution is 2.33. The molecule has 0 spiro atoms. The van der Waals surface area contributed by atoms with Crippen LogP contribution in [0.3, 0.4) is 0 Å². The van der Waals surface area contributed by atoms with Crippen molar-refractivity contribution in [2.24, 2.45) is 5.73 Å². The average Bonchev–Trinajstić information content (AvgIpc) is 2.52. The largest absolute Gasteiger partial charge is 0.375 e. The number of carbonyl (C=O) groups excluding carboxylic acids is 1. The third-order valence-electron chi connectivity index (χ3n) is 3.20. The van der Waals surface area contributed by atoms with Gasteiger partial charge in [0.25, 0.3) is 17.3 Å². The summed E-state index contributed by atoms with van der Waals surface area (Å²) in [6, 6.07) is 8.52. The zero-order valence-electron chi connectivity index (χ0n) is 12.1. The van der Waals surface area contributed by atoms with E-state index < -0.39 is 32.7 Å². The topological polar surface area (TPSA) is 141 Å². The number of carbonyl (C=O) groups is 1. The van der Waals surface area contributed by atoms with E-state index in [0.717, 1.165) is 6.07 Å². The molecule has 0 aliphatic rings. The quantitative estimate of drug-likeness (QED) is 0.606. The van der Waals surface area contributed by atoms with Crippen LogP contribution in [-0.4, -0.2) is 15.8 Å². The summed E-state index contributed by atoms with van der Waals surface area (Å²) in [4.78, 5) is 31.8. The Morgan fingerprint density at radius 2 is 1.75 bits per heavy atom. The van der Waals surface area contributed by atoms with Crippen LogP contribution in [0.2, 0.25) is 5.02 Å². The number of nitrogens with zero attached hydrogens (tertiary/aromatic N) is 2. The average molecular weight is 351 g/mol. The molecule has 0 atom stereocenters. The molecule has 2 aromatic rings. The van der Waals surface area contributed by atoms with Gasteiger partial charge in [-0.15, -0.1) is 0 Å². The maximum Gasteiger partial charge on any atom is 0.299 e. The smallest absolute Gasteiger partial charge is 0.299 e. The lowest BCUT2D eigenvalue weighted by atomic mass is 10.1. The van der Waals surface area contributed by atoms with Crippen LogP contribution in [0.15, 0.2) is 36.4 Å². The number of primary amides is 1. The van der Waals surface area contributed by atoms with Gasteiger partial charge in [-0.2, -0.15) is 0 Å². The Labute approximate surface area is 140 Å². The predicted molar refractivity (Wildman–Crippen MR) is 87.0 cm³/mol. The second kappa shape index (κ2) is 6.92. The van der Waals surface area contributed by atoms with Gasteiger partial charge in [-0.3, -0.25) is 25.0 Å². The highest BCUT2D eigenvalue weighted by molar-refractivity contribution is 6.31. The van der Waals surface area contributed by atoms with E-state index in [4.69, 9.17) is 17.3 Å². The Hall–Kier alpha value is -3.20. The molecule has 2 rings (SSSR count). The number of amides is 1. The first-order valence-corrected chi connectivity index (χ1v) is 6.93. The minimum absolute atomic E-state index is 0.0701. The molecule has 0 aromatic heterocycles. The minimum Gasteiger partial charge on any atom is -0.375 e. The van der Waals surface area contributed by atoms with Crippen LogP contribution in [0.4, 0.5) is 17.1 Å². The molecule has 0 bridgehead atoms. The van der Waals surface area contributed by atoms with Crippen LogP contribution in [0.1, 0.15) is 15.9 Å². The lowest BCUT2D eigenvalue weighted by Crippen LogP contribution is -2.15. The van der Waals surface area contributed by atoms with Crippen molar-refractivity contribution < 1.29 is 14.6 Å². The molecule has 0 heterocycles. The molecule has 0 saturated carbocycles. The van der Waals surface area contributed by atoms with Crippen molar-refractivity contribution in [3.8, 4) is 0 Å². The maximum absolute atomic E-state index is 11.4. The lowest BCUT2D eigenvalue weighted by Gasteiger charge is -2.10. The van der Waals surface area contributed by atoms with Gasteiger partial charge in [-0.25, -0.2) is 0 Å². The van der Waals surface area contributed by atoms with Crippen molar-refractivity contribution in [1.82, 2.24) is 0 Å². The van der Waals surface area contributed by atoms with Gasteiger partial charge in [0.15, 0.2) is 0 Å². The number of halogens is 1. The molecule has 0 saturated heterocycles. The Morgan fingerprint density at radius 3 is 2.29 bits per heavy atom. The van der Waals surface area contributed by atoms with Gasteiger partial charge in [0.1, 0.15) is 11.3 Å². The third kappa shape index (κ3) is 3.58. The van der Waals surface area contributed by atoms with E-state index in [0.29, 0.717) is 16.7 Å². The Balaban J connectivity index is 2.46. The molecule has 0 aliphatic heterocycles. The lowest BCUT2D eigenvalue weighted by molar-refractivity contribution is -0.393. The van der Waals surface area contributed by atoms with Gasteiger partial charge in [-0.1, -0.05) is 29.8 Å². The minimum atomic E-state index is -1.06. The second-order valence-electron chi connectivity index (χ2n) is 4.71. The van der Waals surface area contributed by atoms with Crippen molar-refractivity contribution in [3.63, 3.8) is 0 Å². The molecule has 3 N–H and O–H groups in total. The van der Waals surface area contributed by atoms with Crippen LogP contribution in [0, 0.1) is 20.2 Å². The molecular formula is C14H11ClN4O5. The predicted octanol–water partition coefficient (Wildman–Crippen LogP) is 2.87. The second-order valence-corrected chi connectivity index (χ2v) is 5.12. The number of nitro benzene ring substituents is 2. The Bertz CT molecular complexity index is 840. The summed E-state index contributed by atoms with van der Waals surface area (Å²) in [5.74, 6) is -1.06. The van der Waals surface area contributed by atoms with E-state index in [2.05, 4.69) is 5.32 Å². The van der Waals surface area contributed by atoms with Crippen LogP contribution >= 0.6 is 11.6 Å². The van der Waals surface area contributed by atoms with Gasteiger partial charge in [-0.05, 0) is 17.7 Å². The van der Waals surface area contributed by atoms with E-state index in [1.807, 2.05) is 0 Å². The van der Waals surface area contributed by atoms with Crippen molar-refractivity contribution in [2.75, 3.05) is 5.32 Å². The molecule has 0 unspecified atom stereocenters. The molecule has 1 amide bonds. The number of nitrogens with two attached hydrogens (primary N) is 1. The fourth-order valence-electron chi connectivity index (χ4n) is 2.05. The molecule has 10 heteroatoms. The highest BCUT2D eigenvalue weighted by Gasteiger charge is 2.27. The number of hydrogen-bond donors (Lipinski definition) is 2. The first kappa shape index (κ1) is 17.2. The first-order chi connectivity index (χ1) is 11.3. The number of rotatable bonds is 6. The molecule has 24 heavy (non-hydrogen) atoms. The number of anilines is 1. The summed E-state index contributed by atoms with van der Waals surface area (Å²) in [6.07, 6.45) is 0. The van der Waals surface area contributed by atoms with Crippen LogP contribution < -0.4 is 11.1 Å². The molecule has 124 valence electrons. The van der Waals surface area contributed by atoms with E-state index in [1.54, 1.807) is 24.3 Å². The van der Waals surface area contributed by atoms with E-state index in [1.165, 1.54) is 0 Å². The van der Waals surface area contributed by atoms with Crippen molar-refractivity contribution >= 4 is 34.6 Å². The molecule has 0 radical (unpaired) electrons. The van der Waals surface area contributed by atoms with Crippen molar-refractivity contribution in [1.29, 1.82) is 0 Å². The maximum atomic E-state index is 11.4. The van der Waals surface area contributed by atoms with Crippen LogP contribution in [-0.2, 0) is 6.54 Å². The first-order valence-electron chi connectivity index (χ1n) is 6.55. The van der Waals surface area contributed by atoms with Gasteiger partial charge in [0.2, 0.25) is 0 Å². The normalized spacial score (nSPS) is 10.2. The highest BCUT2D eigenvalue weighted by atomic mass is 35.5. The summed E-state index contributed by atoms with van der Waals surface area (Å²) in [7, 11) is 0. The van der Waals surface area contributed by atoms with Crippen LogP contribution in [0.25, 0.3) is 0 Å². The summed E-state index contributed by atoms with van der Waals surface area (Å²) in [6.45, 7) is 0.122. The van der Waals surface area contributed by atoms with E-state index in [9.17, 15) is 25.0 Å². The molecule has 0 fully saturated rings. The van der Waals surface area contributed by atoms with Crippen molar-refractivity contribution in [2.45, 2.75) is 6.54 Å². The molecular weight excluding hydrogens is 340 g/mol. The zero-order valence-corrected chi connectivity index (χ0v) is 12.8. The summed E-state index contributed by atoms with van der Waals surface area (Å²) in [5, 5.41) is 25.3. The number of nitro groups is 2. The Kier molecular flexibility index (Phi) is 4.95. The number of hydrogen-bond acceptors (Lipinski definition) is 6. The zero-order chi connectivity index (χ0) is 17.9. The van der Waals surface area contributed by atoms with Gasteiger partial charge >= 0.3 is 0 Å². The standard InChI is InChI=1S/C14H11ClN4O5/c15-10-4-2-1-3-8(10)7-17-11-5-9(14(16)20)12(18(21)22)6-13(11)19(23)24/h1-6,17H,7H2,(H2,16,20). The van der Waals surface area contributed by atoms with Crippen molar-refractivity contribution in [3.05, 3.63) is 72.8 Å². The van der Waals surface area contributed by atoms with Gasteiger partial charge in [0.05, 0.1) is 15.9 Å². The van der Waals surface area contributed by atoms with E-state index >= 15 is 0 Å². The fraction of sp³-hybridized carbons (Fsp3) is 0.0714. The summed E-state index contributed by atoms with van der Waals surface area (Å²) >= 11 is 6.00. The third-order valence-corrected chi connectivity index (χ3v) is 3.57. The SMILES string of the molecule is NC(=O)c1cc(NCc2ccccc2Cl)c([N+](=O)[O-])cc1[N+](=O)[O-]. The van der Waals surface area contributed by atoms with E-state index in [-0.39, 0.29) is 12.2 Å². The van der Waals surface area contributed by atoms with Gasteiger partial charge < -0.3 is 11.1 Å². The monoisotopic (exact) mass is 350 g/mol. The number of benzene rings is 2.